The fourth-order valence-corrected chi connectivity index (χ4v) is 2.51. The number of rotatable bonds is 7. The number of nitrogens with zero attached hydrogens (tertiary/aromatic N) is 1. The number of aliphatic hydroxyl groups is 1. The molecule has 0 spiro atoms. The zero-order valence-corrected chi connectivity index (χ0v) is 10.2. The van der Waals surface area contributed by atoms with Crippen LogP contribution in [-0.2, 0) is 4.74 Å². The van der Waals surface area contributed by atoms with E-state index in [1.807, 2.05) is 6.92 Å². The minimum atomic E-state index is 0.182. The van der Waals surface area contributed by atoms with E-state index >= 15 is 0 Å². The summed E-state index contributed by atoms with van der Waals surface area (Å²) in [6.07, 6.45) is 4.92. The van der Waals surface area contributed by atoms with Crippen molar-refractivity contribution in [3.8, 4) is 0 Å². The van der Waals surface area contributed by atoms with Gasteiger partial charge in [-0.1, -0.05) is 12.8 Å². The molecular formula is C12H25NO2. The van der Waals surface area contributed by atoms with Crippen molar-refractivity contribution in [2.75, 3.05) is 40.0 Å². The van der Waals surface area contributed by atoms with Gasteiger partial charge in [0.15, 0.2) is 0 Å². The molecule has 0 radical (unpaired) electrons. The average Bonchev–Trinajstić information content (AvgIpc) is 2.67. The monoisotopic (exact) mass is 215 g/mol. The van der Waals surface area contributed by atoms with E-state index in [0.717, 1.165) is 26.3 Å². The molecule has 3 heteroatoms. The van der Waals surface area contributed by atoms with Crippen LogP contribution < -0.4 is 0 Å². The molecule has 1 saturated carbocycles. The molecule has 3 nitrogen and oxygen atoms in total. The molecular weight excluding hydrogens is 190 g/mol. The number of hydrogen-bond acceptors (Lipinski definition) is 3. The van der Waals surface area contributed by atoms with Gasteiger partial charge in [-0.2, -0.15) is 0 Å². The van der Waals surface area contributed by atoms with E-state index < -0.39 is 0 Å². The highest BCUT2D eigenvalue weighted by Crippen LogP contribution is 2.37. The van der Waals surface area contributed by atoms with Crippen molar-refractivity contribution >= 4 is 0 Å². The first-order chi connectivity index (χ1) is 7.22. The van der Waals surface area contributed by atoms with Gasteiger partial charge in [-0.25, -0.2) is 0 Å². The summed E-state index contributed by atoms with van der Waals surface area (Å²) < 4.78 is 5.33. The highest BCUT2D eigenvalue weighted by atomic mass is 16.5. The Morgan fingerprint density at radius 3 is 2.53 bits per heavy atom. The lowest BCUT2D eigenvalue weighted by Gasteiger charge is -2.31. The Bertz CT molecular complexity index is 167. The van der Waals surface area contributed by atoms with Crippen molar-refractivity contribution in [1.29, 1.82) is 0 Å². The Morgan fingerprint density at radius 1 is 1.33 bits per heavy atom. The van der Waals surface area contributed by atoms with E-state index in [4.69, 9.17) is 4.74 Å². The molecule has 0 aromatic rings. The van der Waals surface area contributed by atoms with Gasteiger partial charge < -0.3 is 14.7 Å². The highest BCUT2D eigenvalue weighted by Gasteiger charge is 2.33. The summed E-state index contributed by atoms with van der Waals surface area (Å²) in [5.74, 6) is 0. The van der Waals surface area contributed by atoms with Crippen molar-refractivity contribution in [2.24, 2.45) is 5.41 Å². The molecule has 0 aliphatic heterocycles. The first-order valence-corrected chi connectivity index (χ1v) is 6.09. The van der Waals surface area contributed by atoms with E-state index in [-0.39, 0.29) is 5.41 Å². The van der Waals surface area contributed by atoms with Gasteiger partial charge in [-0.05, 0) is 26.8 Å². The Morgan fingerprint density at radius 2 is 2.00 bits per heavy atom. The molecule has 1 rings (SSSR count). The maximum absolute atomic E-state index is 9.48. The quantitative estimate of drug-likeness (QED) is 0.653. The highest BCUT2D eigenvalue weighted by molar-refractivity contribution is 4.86. The first-order valence-electron chi connectivity index (χ1n) is 6.09. The Labute approximate surface area is 93.4 Å². The standard InChI is InChI=1S/C12H25NO2/c1-3-15-9-8-13(2)10-12(11-14)6-4-5-7-12/h14H,3-11H2,1-2H3. The summed E-state index contributed by atoms with van der Waals surface area (Å²) in [5, 5.41) is 9.48. The number of hydrogen-bond donors (Lipinski definition) is 1. The van der Waals surface area contributed by atoms with Crippen LogP contribution in [-0.4, -0.2) is 50.0 Å². The van der Waals surface area contributed by atoms with Gasteiger partial charge in [0.05, 0.1) is 6.61 Å². The number of likely N-dealkylation sites (N-methyl/N-ethyl adjacent to an activating group) is 1. The summed E-state index contributed by atoms with van der Waals surface area (Å²) in [5.41, 5.74) is 0.182. The molecule has 1 fully saturated rings. The molecule has 0 unspecified atom stereocenters. The number of aliphatic hydroxyl groups excluding tert-OH is 1. The fraction of sp³-hybridized carbons (Fsp3) is 1.00. The topological polar surface area (TPSA) is 32.7 Å². The molecule has 90 valence electrons. The van der Waals surface area contributed by atoms with Gasteiger partial charge >= 0.3 is 0 Å². The van der Waals surface area contributed by atoms with Crippen molar-refractivity contribution in [3.05, 3.63) is 0 Å². The summed E-state index contributed by atoms with van der Waals surface area (Å²) in [7, 11) is 2.12. The van der Waals surface area contributed by atoms with Gasteiger partial charge in [0.2, 0.25) is 0 Å². The largest absolute Gasteiger partial charge is 0.396 e. The lowest BCUT2D eigenvalue weighted by atomic mass is 9.87. The minimum Gasteiger partial charge on any atom is -0.396 e. The Hall–Kier alpha value is -0.120. The van der Waals surface area contributed by atoms with Crippen LogP contribution >= 0.6 is 0 Å². The predicted molar refractivity (Wildman–Crippen MR) is 62.0 cm³/mol. The summed E-state index contributed by atoms with van der Waals surface area (Å²) in [6, 6.07) is 0. The van der Waals surface area contributed by atoms with Crippen LogP contribution in [0.2, 0.25) is 0 Å². The molecule has 0 aromatic heterocycles. The van der Waals surface area contributed by atoms with Crippen molar-refractivity contribution in [1.82, 2.24) is 4.90 Å². The molecule has 0 heterocycles. The SMILES string of the molecule is CCOCCN(C)CC1(CO)CCCC1. The van der Waals surface area contributed by atoms with E-state index in [1.165, 1.54) is 25.7 Å². The van der Waals surface area contributed by atoms with Gasteiger partial charge in [-0.15, -0.1) is 0 Å². The van der Waals surface area contributed by atoms with Crippen molar-refractivity contribution in [3.63, 3.8) is 0 Å². The molecule has 0 atom stereocenters. The smallest absolute Gasteiger partial charge is 0.0593 e. The molecule has 1 aliphatic rings. The second-order valence-corrected chi connectivity index (χ2v) is 4.80. The van der Waals surface area contributed by atoms with E-state index in [0.29, 0.717) is 6.61 Å². The molecule has 0 amide bonds. The molecule has 15 heavy (non-hydrogen) atoms. The van der Waals surface area contributed by atoms with Crippen LogP contribution in [0.5, 0.6) is 0 Å². The van der Waals surface area contributed by atoms with Gasteiger partial charge in [-0.3, -0.25) is 0 Å². The molecule has 0 bridgehead atoms. The predicted octanol–water partition coefficient (Wildman–Crippen LogP) is 1.51. The average molecular weight is 215 g/mol. The van der Waals surface area contributed by atoms with Crippen LogP contribution in [0.25, 0.3) is 0 Å². The molecule has 0 saturated heterocycles. The lowest BCUT2D eigenvalue weighted by molar-refractivity contribution is 0.0675. The summed E-state index contributed by atoms with van der Waals surface area (Å²) >= 11 is 0. The van der Waals surface area contributed by atoms with Crippen LogP contribution in [0, 0.1) is 5.41 Å². The maximum Gasteiger partial charge on any atom is 0.0593 e. The van der Waals surface area contributed by atoms with Crippen LogP contribution in [0.15, 0.2) is 0 Å². The zero-order valence-electron chi connectivity index (χ0n) is 10.2. The Balaban J connectivity index is 2.25. The third-order valence-corrected chi connectivity index (χ3v) is 3.43. The third kappa shape index (κ3) is 4.09. The van der Waals surface area contributed by atoms with Crippen molar-refractivity contribution in [2.45, 2.75) is 32.6 Å². The van der Waals surface area contributed by atoms with E-state index in [9.17, 15) is 5.11 Å². The fourth-order valence-electron chi connectivity index (χ4n) is 2.51. The van der Waals surface area contributed by atoms with Crippen molar-refractivity contribution < 1.29 is 9.84 Å². The maximum atomic E-state index is 9.48. The first kappa shape index (κ1) is 12.9. The van der Waals surface area contributed by atoms with Crippen LogP contribution in [0.3, 0.4) is 0 Å². The van der Waals surface area contributed by atoms with Crippen LogP contribution in [0.4, 0.5) is 0 Å². The lowest BCUT2D eigenvalue weighted by Crippen LogP contribution is -2.37. The third-order valence-electron chi connectivity index (χ3n) is 3.43. The van der Waals surface area contributed by atoms with E-state index in [1.54, 1.807) is 0 Å². The normalized spacial score (nSPS) is 20.0. The van der Waals surface area contributed by atoms with Crippen LogP contribution in [0.1, 0.15) is 32.6 Å². The number of ether oxygens (including phenoxy) is 1. The van der Waals surface area contributed by atoms with Gasteiger partial charge in [0.25, 0.3) is 0 Å². The molecule has 0 aromatic carbocycles. The van der Waals surface area contributed by atoms with Gasteiger partial charge in [0.1, 0.15) is 0 Å². The molecule has 1 N–H and O–H groups in total. The minimum absolute atomic E-state index is 0.182. The second-order valence-electron chi connectivity index (χ2n) is 4.80. The summed E-state index contributed by atoms with van der Waals surface area (Å²) in [6.45, 7) is 5.93. The molecule has 1 aliphatic carbocycles. The van der Waals surface area contributed by atoms with E-state index in [2.05, 4.69) is 11.9 Å². The van der Waals surface area contributed by atoms with Gasteiger partial charge in [0, 0.05) is 31.7 Å². The Kier molecular flexibility index (Phi) is 5.58. The second kappa shape index (κ2) is 6.46. The summed E-state index contributed by atoms with van der Waals surface area (Å²) in [4.78, 5) is 2.29. The zero-order chi connectivity index (χ0) is 11.1.